The molecular weight excluding hydrogens is 424 g/mol. The van der Waals surface area contributed by atoms with Crippen molar-refractivity contribution in [1.82, 2.24) is 9.80 Å². The van der Waals surface area contributed by atoms with Gasteiger partial charge in [-0.05, 0) is 86.1 Å². The largest absolute Gasteiger partial charge is 0.486 e. The van der Waals surface area contributed by atoms with Crippen molar-refractivity contribution >= 4 is 17.5 Å². The zero-order valence-electron chi connectivity index (χ0n) is 18.4. The van der Waals surface area contributed by atoms with Crippen LogP contribution in [-0.4, -0.2) is 47.9 Å². The van der Waals surface area contributed by atoms with Gasteiger partial charge in [0.1, 0.15) is 18.1 Å². The van der Waals surface area contributed by atoms with Crippen molar-refractivity contribution in [2.75, 3.05) is 26.2 Å². The molecule has 1 aromatic carbocycles. The molecule has 7 rings (SSSR count). The lowest BCUT2D eigenvalue weighted by molar-refractivity contribution is -0.0744. The van der Waals surface area contributed by atoms with Crippen LogP contribution in [-0.2, 0) is 6.61 Å². The van der Waals surface area contributed by atoms with E-state index in [2.05, 4.69) is 4.90 Å². The Labute approximate surface area is 194 Å². The lowest BCUT2D eigenvalue weighted by Crippen LogP contribution is -2.60. The normalized spacial score (nSPS) is 31.8. The van der Waals surface area contributed by atoms with E-state index in [0.717, 1.165) is 55.9 Å². The van der Waals surface area contributed by atoms with E-state index in [9.17, 15) is 4.79 Å². The number of piperazine rings is 1. The molecule has 4 bridgehead atoms. The van der Waals surface area contributed by atoms with Crippen LogP contribution in [0.2, 0.25) is 5.02 Å². The van der Waals surface area contributed by atoms with Gasteiger partial charge in [0.15, 0.2) is 5.76 Å². The van der Waals surface area contributed by atoms with Crippen LogP contribution in [0.5, 0.6) is 5.75 Å². The van der Waals surface area contributed by atoms with Crippen LogP contribution in [0.15, 0.2) is 40.8 Å². The van der Waals surface area contributed by atoms with E-state index in [0.29, 0.717) is 22.3 Å². The minimum Gasteiger partial charge on any atom is -0.486 e. The smallest absolute Gasteiger partial charge is 0.289 e. The van der Waals surface area contributed by atoms with Crippen LogP contribution >= 0.6 is 11.6 Å². The minimum absolute atomic E-state index is 0.0104. The van der Waals surface area contributed by atoms with Crippen molar-refractivity contribution in [3.8, 4) is 5.75 Å². The Balaban J connectivity index is 1.03. The number of furan rings is 1. The van der Waals surface area contributed by atoms with Gasteiger partial charge in [-0.15, -0.1) is 0 Å². The predicted octanol–water partition coefficient (Wildman–Crippen LogP) is 5.09. The molecular formula is C26H31ClN2O3. The third-order valence-electron chi connectivity index (χ3n) is 8.25. The highest BCUT2D eigenvalue weighted by atomic mass is 35.5. The van der Waals surface area contributed by atoms with E-state index >= 15 is 0 Å². The fourth-order valence-electron chi connectivity index (χ4n) is 7.15. The molecule has 1 amide bonds. The van der Waals surface area contributed by atoms with Gasteiger partial charge in [-0.25, -0.2) is 0 Å². The molecule has 2 heterocycles. The first-order chi connectivity index (χ1) is 15.6. The number of halogens is 1. The average Bonchev–Trinajstić information content (AvgIpc) is 3.26. The first-order valence-electron chi connectivity index (χ1n) is 12.1. The molecule has 4 aliphatic carbocycles. The molecule has 5 nitrogen and oxygen atoms in total. The third-order valence-corrected chi connectivity index (χ3v) is 8.48. The zero-order chi connectivity index (χ0) is 21.7. The monoisotopic (exact) mass is 454 g/mol. The van der Waals surface area contributed by atoms with E-state index < -0.39 is 0 Å². The van der Waals surface area contributed by atoms with Crippen LogP contribution in [0.25, 0.3) is 0 Å². The Kier molecular flexibility index (Phi) is 5.42. The summed E-state index contributed by atoms with van der Waals surface area (Å²) in [6.07, 6.45) is 7.29. The summed E-state index contributed by atoms with van der Waals surface area (Å²) in [4.78, 5) is 17.7. The van der Waals surface area contributed by atoms with Gasteiger partial charge < -0.3 is 14.1 Å². The molecule has 0 atom stereocenters. The molecule has 2 aromatic rings. The van der Waals surface area contributed by atoms with Crippen molar-refractivity contribution in [1.29, 1.82) is 0 Å². The van der Waals surface area contributed by atoms with Gasteiger partial charge in [-0.2, -0.15) is 0 Å². The molecule has 0 radical (unpaired) electrons. The second-order valence-electron chi connectivity index (χ2n) is 10.3. The Morgan fingerprint density at radius 1 is 0.969 bits per heavy atom. The zero-order valence-corrected chi connectivity index (χ0v) is 19.2. The molecule has 6 heteroatoms. The standard InChI is InChI=1S/C26H31ClN2O3/c27-21-2-1-3-22(15-21)31-16-23-4-5-24(32-23)26(30)29-8-6-28(7-9-29)25-19-11-17-10-18(13-19)14-20(25)12-17/h1-5,15,17-20,25H,6-14,16H2. The van der Waals surface area contributed by atoms with Crippen LogP contribution in [0, 0.1) is 23.7 Å². The maximum absolute atomic E-state index is 13.0. The number of rotatable bonds is 5. The molecule has 4 saturated carbocycles. The maximum Gasteiger partial charge on any atom is 0.289 e. The topological polar surface area (TPSA) is 45.9 Å². The Bertz CT molecular complexity index is 953. The predicted molar refractivity (Wildman–Crippen MR) is 123 cm³/mol. The fraction of sp³-hybridized carbons (Fsp3) is 0.577. The molecule has 0 spiro atoms. The number of ether oxygens (including phenoxy) is 1. The highest BCUT2D eigenvalue weighted by Gasteiger charge is 2.50. The second kappa shape index (κ2) is 8.42. The van der Waals surface area contributed by atoms with Crippen molar-refractivity contribution in [3.05, 3.63) is 52.9 Å². The van der Waals surface area contributed by atoms with Crippen molar-refractivity contribution < 1.29 is 13.9 Å². The van der Waals surface area contributed by atoms with E-state index in [1.807, 2.05) is 23.1 Å². The van der Waals surface area contributed by atoms with Crippen LogP contribution in [0.1, 0.15) is 48.4 Å². The molecule has 32 heavy (non-hydrogen) atoms. The van der Waals surface area contributed by atoms with Crippen molar-refractivity contribution in [2.45, 2.75) is 44.8 Å². The summed E-state index contributed by atoms with van der Waals surface area (Å²) in [5, 5.41) is 0.630. The van der Waals surface area contributed by atoms with E-state index in [-0.39, 0.29) is 12.5 Å². The minimum atomic E-state index is -0.0104. The average molecular weight is 455 g/mol. The van der Waals surface area contributed by atoms with Crippen LogP contribution < -0.4 is 4.74 Å². The SMILES string of the molecule is O=C(c1ccc(COc2cccc(Cl)c2)o1)N1CCN(C2C3CC4CC(C3)CC2C4)CC1. The van der Waals surface area contributed by atoms with Crippen LogP contribution in [0.4, 0.5) is 0 Å². The molecule has 0 N–H and O–H groups in total. The summed E-state index contributed by atoms with van der Waals surface area (Å²) in [6, 6.07) is 11.6. The highest BCUT2D eigenvalue weighted by Crippen LogP contribution is 2.55. The summed E-state index contributed by atoms with van der Waals surface area (Å²) >= 11 is 6.00. The van der Waals surface area contributed by atoms with Gasteiger partial charge in [0.2, 0.25) is 0 Å². The molecule has 5 aliphatic rings. The van der Waals surface area contributed by atoms with Gasteiger partial charge in [0.05, 0.1) is 0 Å². The number of nitrogens with zero attached hydrogens (tertiary/aromatic N) is 2. The molecule has 1 saturated heterocycles. The van der Waals surface area contributed by atoms with E-state index in [1.54, 1.807) is 18.2 Å². The fourth-order valence-corrected chi connectivity index (χ4v) is 7.33. The number of carbonyl (C=O) groups excluding carboxylic acids is 1. The molecule has 170 valence electrons. The summed E-state index contributed by atoms with van der Waals surface area (Å²) in [6.45, 7) is 3.83. The number of amides is 1. The number of benzene rings is 1. The van der Waals surface area contributed by atoms with Gasteiger partial charge >= 0.3 is 0 Å². The van der Waals surface area contributed by atoms with Crippen LogP contribution in [0.3, 0.4) is 0 Å². The molecule has 1 aliphatic heterocycles. The molecule has 1 aromatic heterocycles. The van der Waals surface area contributed by atoms with E-state index in [1.165, 1.54) is 32.1 Å². The van der Waals surface area contributed by atoms with Crippen molar-refractivity contribution in [3.63, 3.8) is 0 Å². The highest BCUT2D eigenvalue weighted by molar-refractivity contribution is 6.30. The lowest BCUT2D eigenvalue weighted by atomic mass is 9.54. The summed E-state index contributed by atoms with van der Waals surface area (Å²) in [5.41, 5.74) is 0. The third kappa shape index (κ3) is 3.94. The molecule has 0 unspecified atom stereocenters. The van der Waals surface area contributed by atoms with Gasteiger partial charge in [-0.1, -0.05) is 17.7 Å². The quantitative estimate of drug-likeness (QED) is 0.631. The van der Waals surface area contributed by atoms with E-state index in [4.69, 9.17) is 20.8 Å². The first-order valence-corrected chi connectivity index (χ1v) is 12.5. The second-order valence-corrected chi connectivity index (χ2v) is 10.7. The summed E-state index contributed by atoms with van der Waals surface area (Å²) < 4.78 is 11.5. The Hall–Kier alpha value is -1.98. The Morgan fingerprint density at radius 3 is 2.38 bits per heavy atom. The van der Waals surface area contributed by atoms with Gasteiger partial charge in [-0.3, -0.25) is 9.69 Å². The first kappa shape index (κ1) is 20.6. The van der Waals surface area contributed by atoms with Gasteiger partial charge in [0, 0.05) is 37.2 Å². The van der Waals surface area contributed by atoms with Gasteiger partial charge in [0.25, 0.3) is 5.91 Å². The number of hydrogen-bond acceptors (Lipinski definition) is 4. The number of hydrogen-bond donors (Lipinski definition) is 0. The Morgan fingerprint density at radius 2 is 1.69 bits per heavy atom. The molecule has 5 fully saturated rings. The number of carbonyl (C=O) groups is 1. The van der Waals surface area contributed by atoms with Crippen molar-refractivity contribution in [2.24, 2.45) is 23.7 Å². The lowest BCUT2D eigenvalue weighted by Gasteiger charge is -2.58. The summed E-state index contributed by atoms with van der Waals surface area (Å²) in [7, 11) is 0. The maximum atomic E-state index is 13.0. The summed E-state index contributed by atoms with van der Waals surface area (Å²) in [5.74, 6) is 5.53.